The molecule has 0 fully saturated rings. The Balaban J connectivity index is 2.25. The van der Waals surface area contributed by atoms with E-state index < -0.39 is 58.2 Å². The highest BCUT2D eigenvalue weighted by atomic mass is 35.5. The Labute approximate surface area is 173 Å². The Kier molecular flexibility index (Phi) is 6.83. The fourth-order valence-corrected chi connectivity index (χ4v) is 2.85. The molecule has 0 saturated heterocycles. The van der Waals surface area contributed by atoms with Crippen molar-refractivity contribution in [2.24, 2.45) is 5.92 Å². The third-order valence-electron chi connectivity index (χ3n) is 4.49. The smallest absolute Gasteiger partial charge is 0.349 e. The second-order valence-electron chi connectivity index (χ2n) is 6.53. The van der Waals surface area contributed by atoms with Crippen molar-refractivity contribution in [3.8, 4) is 6.07 Å². The van der Waals surface area contributed by atoms with Crippen LogP contribution in [0.1, 0.15) is 45.7 Å². The predicted molar refractivity (Wildman–Crippen MR) is 97.9 cm³/mol. The van der Waals surface area contributed by atoms with Gasteiger partial charge in [0, 0.05) is 22.5 Å². The van der Waals surface area contributed by atoms with Crippen molar-refractivity contribution in [1.82, 2.24) is 5.32 Å². The minimum absolute atomic E-state index is 0.0894. The van der Waals surface area contributed by atoms with Crippen molar-refractivity contribution >= 4 is 23.3 Å². The molecule has 0 saturated carbocycles. The van der Waals surface area contributed by atoms with Crippen LogP contribution < -0.4 is 5.32 Å². The molecule has 0 aliphatic carbocycles. The van der Waals surface area contributed by atoms with E-state index in [-0.39, 0.29) is 10.6 Å². The lowest BCUT2D eigenvalue weighted by Crippen LogP contribution is -2.40. The number of amides is 1. The first kappa shape index (κ1) is 23.3. The van der Waals surface area contributed by atoms with Crippen LogP contribution >= 0.6 is 11.6 Å². The molecule has 1 N–H and O–H groups in total. The largest absolute Gasteiger partial charge is 0.417 e. The molecule has 0 aromatic heterocycles. The zero-order valence-electron chi connectivity index (χ0n) is 15.6. The van der Waals surface area contributed by atoms with E-state index in [0.29, 0.717) is 18.2 Å². The lowest BCUT2D eigenvalue weighted by molar-refractivity contribution is -0.137. The number of carbonyl (C=O) groups is 2. The number of nitriles is 1. The molecule has 0 spiro atoms. The van der Waals surface area contributed by atoms with E-state index >= 15 is 0 Å². The highest BCUT2D eigenvalue weighted by Crippen LogP contribution is 2.33. The van der Waals surface area contributed by atoms with Crippen LogP contribution in [0.25, 0.3) is 0 Å². The summed E-state index contributed by atoms with van der Waals surface area (Å²) in [4.78, 5) is 24.9. The summed E-state index contributed by atoms with van der Waals surface area (Å²) in [5.74, 6) is -5.38. The topological polar surface area (TPSA) is 70.0 Å². The van der Waals surface area contributed by atoms with Gasteiger partial charge < -0.3 is 5.32 Å². The van der Waals surface area contributed by atoms with Crippen LogP contribution in [0.5, 0.6) is 0 Å². The maximum absolute atomic E-state index is 13.8. The number of halogens is 6. The summed E-state index contributed by atoms with van der Waals surface area (Å²) in [5.41, 5.74) is -3.15. The van der Waals surface area contributed by atoms with Crippen molar-refractivity contribution < 1.29 is 31.5 Å². The first-order valence-electron chi connectivity index (χ1n) is 8.47. The summed E-state index contributed by atoms with van der Waals surface area (Å²) < 4.78 is 67.0. The standard InChI is InChI=1S/C20H14ClF5N2O2/c1-9(18(29)11-5-16(22)14(8-27)17(23)6-11)10(2)28-19(30)13-7-12(21)3-4-15(13)20(24,25)26/h3-7,9-10H,1-2H3,(H,28,30). The molecule has 2 atom stereocenters. The molecule has 30 heavy (non-hydrogen) atoms. The third-order valence-corrected chi connectivity index (χ3v) is 4.73. The van der Waals surface area contributed by atoms with Crippen molar-refractivity contribution in [2.45, 2.75) is 26.1 Å². The first-order valence-corrected chi connectivity index (χ1v) is 8.85. The van der Waals surface area contributed by atoms with Gasteiger partial charge in [0.25, 0.3) is 5.91 Å². The quantitative estimate of drug-likeness (QED) is 0.512. The number of hydrogen-bond acceptors (Lipinski definition) is 3. The highest BCUT2D eigenvalue weighted by molar-refractivity contribution is 6.31. The van der Waals surface area contributed by atoms with Gasteiger partial charge in [0.15, 0.2) is 5.78 Å². The molecule has 2 aromatic rings. The van der Waals surface area contributed by atoms with Gasteiger partial charge in [-0.25, -0.2) is 8.78 Å². The van der Waals surface area contributed by atoms with Crippen molar-refractivity contribution in [3.63, 3.8) is 0 Å². The van der Waals surface area contributed by atoms with E-state index in [0.717, 1.165) is 12.1 Å². The van der Waals surface area contributed by atoms with E-state index in [1.54, 1.807) is 0 Å². The summed E-state index contributed by atoms with van der Waals surface area (Å²) >= 11 is 5.70. The lowest BCUT2D eigenvalue weighted by Gasteiger charge is -2.22. The number of benzene rings is 2. The van der Waals surface area contributed by atoms with Gasteiger partial charge in [-0.1, -0.05) is 18.5 Å². The molecule has 0 heterocycles. The molecule has 158 valence electrons. The number of rotatable bonds is 5. The zero-order chi connectivity index (χ0) is 22.8. The number of ketones is 1. The molecular weight excluding hydrogens is 431 g/mol. The number of Topliss-reactive ketones (excluding diaryl/α,β-unsaturated/α-hetero) is 1. The van der Waals surface area contributed by atoms with E-state index in [4.69, 9.17) is 16.9 Å². The van der Waals surface area contributed by atoms with E-state index in [1.807, 2.05) is 0 Å². The van der Waals surface area contributed by atoms with Gasteiger partial charge >= 0.3 is 6.18 Å². The number of carbonyl (C=O) groups excluding carboxylic acids is 2. The SMILES string of the molecule is CC(NC(=O)c1cc(Cl)ccc1C(F)(F)F)C(C)C(=O)c1cc(F)c(C#N)c(F)c1. The van der Waals surface area contributed by atoms with Gasteiger partial charge in [-0.3, -0.25) is 9.59 Å². The molecule has 4 nitrogen and oxygen atoms in total. The Morgan fingerprint density at radius 1 is 1.10 bits per heavy atom. The van der Waals surface area contributed by atoms with Crippen molar-refractivity contribution in [3.05, 3.63) is 69.2 Å². The Hall–Kier alpha value is -2.99. The van der Waals surface area contributed by atoms with Gasteiger partial charge in [-0.2, -0.15) is 18.4 Å². The van der Waals surface area contributed by atoms with E-state index in [1.165, 1.54) is 19.9 Å². The van der Waals surface area contributed by atoms with Crippen LogP contribution in [0, 0.1) is 28.9 Å². The van der Waals surface area contributed by atoms with Crippen LogP contribution in [0.15, 0.2) is 30.3 Å². The van der Waals surface area contributed by atoms with Gasteiger partial charge in [0.2, 0.25) is 0 Å². The van der Waals surface area contributed by atoms with Crippen molar-refractivity contribution in [2.75, 3.05) is 0 Å². The van der Waals surface area contributed by atoms with Crippen molar-refractivity contribution in [1.29, 1.82) is 5.26 Å². The number of hydrogen-bond donors (Lipinski definition) is 1. The second kappa shape index (κ2) is 8.79. The second-order valence-corrected chi connectivity index (χ2v) is 6.97. The lowest BCUT2D eigenvalue weighted by atomic mass is 9.92. The number of nitrogens with one attached hydrogen (secondary N) is 1. The van der Waals surface area contributed by atoms with Crippen LogP contribution in [-0.2, 0) is 6.18 Å². The van der Waals surface area contributed by atoms with Gasteiger partial charge in [-0.05, 0) is 37.3 Å². The van der Waals surface area contributed by atoms with Crippen LogP contribution in [0.4, 0.5) is 22.0 Å². The van der Waals surface area contributed by atoms with Gasteiger partial charge in [0.05, 0.1) is 11.1 Å². The molecule has 2 rings (SSSR count). The minimum Gasteiger partial charge on any atom is -0.349 e. The number of alkyl halides is 3. The average Bonchev–Trinajstić information content (AvgIpc) is 2.65. The third kappa shape index (κ3) is 4.94. The molecule has 2 unspecified atom stereocenters. The van der Waals surface area contributed by atoms with E-state index in [9.17, 15) is 31.5 Å². The highest BCUT2D eigenvalue weighted by Gasteiger charge is 2.36. The molecule has 0 aliphatic rings. The zero-order valence-corrected chi connectivity index (χ0v) is 16.3. The fourth-order valence-electron chi connectivity index (χ4n) is 2.67. The Morgan fingerprint density at radius 2 is 1.67 bits per heavy atom. The minimum atomic E-state index is -4.81. The van der Waals surface area contributed by atoms with Crippen LogP contribution in [0.3, 0.4) is 0 Å². The summed E-state index contributed by atoms with van der Waals surface area (Å²) in [5, 5.41) is 10.9. The molecule has 2 aromatic carbocycles. The van der Waals surface area contributed by atoms with E-state index in [2.05, 4.69) is 5.32 Å². The average molecular weight is 445 g/mol. The molecule has 0 aliphatic heterocycles. The molecule has 10 heteroatoms. The fraction of sp³-hybridized carbons (Fsp3) is 0.250. The maximum Gasteiger partial charge on any atom is 0.417 e. The van der Waals surface area contributed by atoms with Gasteiger partial charge in [-0.15, -0.1) is 0 Å². The summed E-state index contributed by atoms with van der Waals surface area (Å²) in [6.45, 7) is 2.69. The van der Waals surface area contributed by atoms with Crippen LogP contribution in [0.2, 0.25) is 5.02 Å². The molecule has 0 bridgehead atoms. The first-order chi connectivity index (χ1) is 13.9. The monoisotopic (exact) mass is 444 g/mol. The van der Waals surface area contributed by atoms with Gasteiger partial charge in [0.1, 0.15) is 23.3 Å². The Morgan fingerprint density at radius 3 is 2.17 bits per heavy atom. The normalized spacial score (nSPS) is 13.3. The summed E-state index contributed by atoms with van der Waals surface area (Å²) in [6, 6.07) is 4.22. The Bertz CT molecular complexity index is 1020. The molecule has 1 amide bonds. The number of nitrogens with zero attached hydrogens (tertiary/aromatic N) is 1. The summed E-state index contributed by atoms with van der Waals surface area (Å²) in [6.07, 6.45) is -4.81. The molecule has 0 radical (unpaired) electrons. The molecular formula is C20H14ClF5N2O2. The van der Waals surface area contributed by atoms with Crippen LogP contribution in [-0.4, -0.2) is 17.7 Å². The predicted octanol–water partition coefficient (Wildman–Crippen LogP) is 5.15. The maximum atomic E-state index is 13.8. The summed E-state index contributed by atoms with van der Waals surface area (Å²) in [7, 11) is 0.